The fourth-order valence-corrected chi connectivity index (χ4v) is 1.36. The minimum atomic E-state index is -1.22. The van der Waals surface area contributed by atoms with Gasteiger partial charge in [0.15, 0.2) is 0 Å². The Morgan fingerprint density at radius 2 is 2.28 bits per heavy atom. The lowest BCUT2D eigenvalue weighted by Gasteiger charge is -2.10. The first kappa shape index (κ1) is 13.7. The monoisotopic (exact) mass is 250 g/mol. The molecule has 94 valence electrons. The third-order valence-corrected chi connectivity index (χ3v) is 2.23. The molecule has 6 heteroatoms. The summed E-state index contributed by atoms with van der Waals surface area (Å²) in [5.41, 5.74) is -0.372. The molecule has 0 fully saturated rings. The summed E-state index contributed by atoms with van der Waals surface area (Å²) in [5, 5.41) is 20.5. The van der Waals surface area contributed by atoms with Gasteiger partial charge in [-0.1, -0.05) is 18.7 Å². The molecule has 1 aromatic carbocycles. The second kappa shape index (κ2) is 5.83. The average molecular weight is 250 g/mol. The third-order valence-electron chi connectivity index (χ3n) is 2.23. The number of aliphatic imine (C=N–C) groups is 1. The molecule has 1 aromatic rings. The van der Waals surface area contributed by atoms with E-state index in [1.165, 1.54) is 18.2 Å². The number of nitro groups is 1. The van der Waals surface area contributed by atoms with Gasteiger partial charge < -0.3 is 5.11 Å². The molecule has 0 radical (unpaired) electrons. The van der Waals surface area contributed by atoms with E-state index in [0.717, 1.165) is 12.1 Å². The Labute approximate surface area is 103 Å². The van der Waals surface area contributed by atoms with E-state index in [4.69, 9.17) is 0 Å². The number of aliphatic hydroxyl groups is 1. The third kappa shape index (κ3) is 2.86. The topological polar surface area (TPSA) is 75.7 Å². The Balaban J connectivity index is 3.21. The van der Waals surface area contributed by atoms with Crippen molar-refractivity contribution in [2.45, 2.75) is 6.10 Å². The number of rotatable bonds is 5. The van der Waals surface area contributed by atoms with Gasteiger partial charge in [0, 0.05) is 6.07 Å². The predicted octanol–water partition coefficient (Wildman–Crippen LogP) is 2.54. The molecule has 0 aromatic heterocycles. The van der Waals surface area contributed by atoms with E-state index in [-0.39, 0.29) is 11.3 Å². The van der Waals surface area contributed by atoms with Crippen molar-refractivity contribution in [3.63, 3.8) is 0 Å². The van der Waals surface area contributed by atoms with Gasteiger partial charge in [-0.05, 0) is 24.4 Å². The van der Waals surface area contributed by atoms with Crippen molar-refractivity contribution in [2.24, 2.45) is 4.99 Å². The molecular weight excluding hydrogens is 239 g/mol. The maximum atomic E-state index is 13.1. The molecule has 0 bridgehead atoms. The molecule has 1 rings (SSSR count). The Morgan fingerprint density at radius 1 is 1.61 bits per heavy atom. The maximum absolute atomic E-state index is 13.1. The standard InChI is InChI=1S/C12H11FN2O3/c1-3-4-10(14-2)12(16)8-5-6-9(13)11(7-8)15(17)18/h3-7,12,16H,1-2H2/b10-4-. The molecular formula is C12H11FN2O3. The summed E-state index contributed by atoms with van der Waals surface area (Å²) >= 11 is 0. The zero-order valence-electron chi connectivity index (χ0n) is 9.41. The molecule has 0 saturated heterocycles. The van der Waals surface area contributed by atoms with E-state index >= 15 is 0 Å². The van der Waals surface area contributed by atoms with E-state index in [1.54, 1.807) is 0 Å². The molecule has 0 amide bonds. The molecule has 1 N–H and O–H groups in total. The SMILES string of the molecule is C=C/C=C(\N=C)C(O)c1ccc(F)c([N+](=O)[O-])c1. The van der Waals surface area contributed by atoms with Crippen molar-refractivity contribution >= 4 is 12.4 Å². The highest BCUT2D eigenvalue weighted by atomic mass is 19.1. The van der Waals surface area contributed by atoms with E-state index in [2.05, 4.69) is 18.3 Å². The summed E-state index contributed by atoms with van der Waals surface area (Å²) in [6.07, 6.45) is 1.58. The van der Waals surface area contributed by atoms with Crippen LogP contribution in [0.15, 0.2) is 47.6 Å². The summed E-state index contributed by atoms with van der Waals surface area (Å²) in [7, 11) is 0. The van der Waals surface area contributed by atoms with Crippen LogP contribution < -0.4 is 0 Å². The maximum Gasteiger partial charge on any atom is 0.305 e. The van der Waals surface area contributed by atoms with Crippen LogP contribution >= 0.6 is 0 Å². The molecule has 0 spiro atoms. The number of benzene rings is 1. The largest absolute Gasteiger partial charge is 0.382 e. The zero-order chi connectivity index (χ0) is 13.7. The number of aliphatic hydroxyl groups excluding tert-OH is 1. The molecule has 0 aliphatic rings. The van der Waals surface area contributed by atoms with Crippen molar-refractivity contribution in [3.8, 4) is 0 Å². The zero-order valence-corrected chi connectivity index (χ0v) is 9.41. The first-order valence-corrected chi connectivity index (χ1v) is 4.92. The van der Waals surface area contributed by atoms with Crippen LogP contribution in [0.4, 0.5) is 10.1 Å². The molecule has 0 aliphatic carbocycles. The highest BCUT2D eigenvalue weighted by Crippen LogP contribution is 2.27. The van der Waals surface area contributed by atoms with Gasteiger partial charge in [-0.15, -0.1) is 0 Å². The first-order valence-electron chi connectivity index (χ1n) is 4.92. The number of hydrogen-bond donors (Lipinski definition) is 1. The van der Waals surface area contributed by atoms with Gasteiger partial charge in [-0.25, -0.2) is 0 Å². The van der Waals surface area contributed by atoms with E-state index in [0.29, 0.717) is 0 Å². The van der Waals surface area contributed by atoms with Crippen LogP contribution in [0.5, 0.6) is 0 Å². The van der Waals surface area contributed by atoms with Gasteiger partial charge in [-0.2, -0.15) is 4.39 Å². The van der Waals surface area contributed by atoms with Crippen LogP contribution in [0.3, 0.4) is 0 Å². The van der Waals surface area contributed by atoms with Crippen molar-refractivity contribution in [1.82, 2.24) is 0 Å². The van der Waals surface area contributed by atoms with Gasteiger partial charge in [0.25, 0.3) is 0 Å². The van der Waals surface area contributed by atoms with Gasteiger partial charge in [0.2, 0.25) is 5.82 Å². The predicted molar refractivity (Wildman–Crippen MR) is 65.8 cm³/mol. The Hall–Kier alpha value is -2.34. The second-order valence-electron chi connectivity index (χ2n) is 3.36. The lowest BCUT2D eigenvalue weighted by molar-refractivity contribution is -0.387. The number of nitro benzene ring substituents is 1. The minimum Gasteiger partial charge on any atom is -0.382 e. The van der Waals surface area contributed by atoms with E-state index < -0.39 is 22.5 Å². The van der Waals surface area contributed by atoms with Crippen LogP contribution in [0.2, 0.25) is 0 Å². The van der Waals surface area contributed by atoms with E-state index in [9.17, 15) is 19.6 Å². The lowest BCUT2D eigenvalue weighted by atomic mass is 10.1. The smallest absolute Gasteiger partial charge is 0.305 e. The average Bonchev–Trinajstić information content (AvgIpc) is 2.35. The molecule has 0 saturated carbocycles. The number of hydrogen-bond acceptors (Lipinski definition) is 4. The highest BCUT2D eigenvalue weighted by Gasteiger charge is 2.19. The van der Waals surface area contributed by atoms with Gasteiger partial charge in [-0.3, -0.25) is 15.1 Å². The fraction of sp³-hybridized carbons (Fsp3) is 0.0833. The Bertz CT molecular complexity index is 526. The summed E-state index contributed by atoms with van der Waals surface area (Å²) < 4.78 is 13.1. The van der Waals surface area contributed by atoms with Crippen LogP contribution in [0.25, 0.3) is 0 Å². The van der Waals surface area contributed by atoms with Crippen LogP contribution in [0, 0.1) is 15.9 Å². The summed E-state index contributed by atoms with van der Waals surface area (Å²) in [5.74, 6) is -0.961. The Morgan fingerprint density at radius 3 is 2.78 bits per heavy atom. The van der Waals surface area contributed by atoms with Crippen molar-refractivity contribution in [3.05, 3.63) is 64.1 Å². The minimum absolute atomic E-state index is 0.156. The normalized spacial score (nSPS) is 12.9. The molecule has 5 nitrogen and oxygen atoms in total. The van der Waals surface area contributed by atoms with Crippen molar-refractivity contribution in [2.75, 3.05) is 0 Å². The molecule has 18 heavy (non-hydrogen) atoms. The second-order valence-corrected chi connectivity index (χ2v) is 3.36. The molecule has 1 atom stereocenters. The van der Waals surface area contributed by atoms with Crippen molar-refractivity contribution in [1.29, 1.82) is 0 Å². The fourth-order valence-electron chi connectivity index (χ4n) is 1.36. The summed E-state index contributed by atoms with van der Waals surface area (Å²) in [4.78, 5) is 13.3. The van der Waals surface area contributed by atoms with Gasteiger partial charge in [0.05, 0.1) is 10.6 Å². The van der Waals surface area contributed by atoms with Gasteiger partial charge in [0.1, 0.15) is 6.10 Å². The number of allylic oxidation sites excluding steroid dienone is 2. The van der Waals surface area contributed by atoms with E-state index in [1.807, 2.05) is 0 Å². The molecule has 1 unspecified atom stereocenters. The van der Waals surface area contributed by atoms with Crippen LogP contribution in [-0.2, 0) is 0 Å². The van der Waals surface area contributed by atoms with Crippen LogP contribution in [-0.4, -0.2) is 16.7 Å². The van der Waals surface area contributed by atoms with Crippen LogP contribution in [0.1, 0.15) is 11.7 Å². The highest BCUT2D eigenvalue weighted by molar-refractivity contribution is 5.41. The summed E-state index contributed by atoms with van der Waals surface area (Å²) in [6.45, 7) is 6.71. The Kier molecular flexibility index (Phi) is 4.45. The molecule has 0 aliphatic heterocycles. The molecule has 0 heterocycles. The number of halogens is 1. The summed E-state index contributed by atoms with van der Waals surface area (Å²) in [6, 6.07) is 3.13. The number of nitrogens with zero attached hydrogens (tertiary/aromatic N) is 2. The quantitative estimate of drug-likeness (QED) is 0.377. The van der Waals surface area contributed by atoms with Gasteiger partial charge >= 0.3 is 5.69 Å². The first-order chi connectivity index (χ1) is 8.51. The van der Waals surface area contributed by atoms with Crippen molar-refractivity contribution < 1.29 is 14.4 Å². The lowest BCUT2D eigenvalue weighted by Crippen LogP contribution is -2.02.